The third-order valence-electron chi connectivity index (χ3n) is 6.40. The highest BCUT2D eigenvalue weighted by atomic mass is 16.2. The molecule has 7 heteroatoms. The summed E-state index contributed by atoms with van der Waals surface area (Å²) >= 11 is 0. The van der Waals surface area contributed by atoms with Crippen molar-refractivity contribution in [2.75, 3.05) is 36.8 Å². The summed E-state index contributed by atoms with van der Waals surface area (Å²) < 4.78 is 0. The predicted octanol–water partition coefficient (Wildman–Crippen LogP) is 3.37. The molecular weight excluding hydrogens is 416 g/mol. The zero-order valence-electron chi connectivity index (χ0n) is 19.4. The monoisotopic (exact) mass is 448 g/mol. The number of carbonyl (C=O) groups is 3. The predicted molar refractivity (Wildman–Crippen MR) is 129 cm³/mol. The molecule has 0 aromatic heterocycles. The Hall–Kier alpha value is -3.19. The Morgan fingerprint density at radius 3 is 2.18 bits per heavy atom. The molecular formula is C26H32N4O3. The van der Waals surface area contributed by atoms with E-state index in [1.165, 1.54) is 32.3 Å². The van der Waals surface area contributed by atoms with Crippen LogP contribution in [0.3, 0.4) is 0 Å². The summed E-state index contributed by atoms with van der Waals surface area (Å²) in [4.78, 5) is 40.7. The van der Waals surface area contributed by atoms with Crippen LogP contribution in [0.4, 0.5) is 11.4 Å². The van der Waals surface area contributed by atoms with E-state index in [1.54, 1.807) is 0 Å². The zero-order chi connectivity index (χ0) is 23.4. The number of fused-ring (bicyclic) bond motifs is 1. The second-order valence-electron chi connectivity index (χ2n) is 9.01. The van der Waals surface area contributed by atoms with Gasteiger partial charge in [-0.1, -0.05) is 18.2 Å². The summed E-state index contributed by atoms with van der Waals surface area (Å²) in [7, 11) is 0. The number of rotatable bonds is 6. The number of anilines is 2. The van der Waals surface area contributed by atoms with Crippen molar-refractivity contribution < 1.29 is 14.4 Å². The molecule has 0 aliphatic carbocycles. The lowest BCUT2D eigenvalue weighted by Crippen LogP contribution is -2.45. The van der Waals surface area contributed by atoms with Crippen LogP contribution in [0, 0.1) is 0 Å². The molecule has 7 nitrogen and oxygen atoms in total. The molecule has 0 spiro atoms. The molecule has 2 aromatic carbocycles. The molecule has 2 aliphatic rings. The number of nitrogens with one attached hydrogen (secondary N) is 2. The molecule has 33 heavy (non-hydrogen) atoms. The molecule has 1 atom stereocenters. The number of hydrogen-bond donors (Lipinski definition) is 2. The molecule has 0 radical (unpaired) electrons. The first kappa shape index (κ1) is 23.0. The van der Waals surface area contributed by atoms with E-state index >= 15 is 0 Å². The maximum Gasteiger partial charge on any atom is 0.227 e. The Bertz CT molecular complexity index is 1030. The van der Waals surface area contributed by atoms with Crippen LogP contribution in [0.2, 0.25) is 0 Å². The fourth-order valence-corrected chi connectivity index (χ4v) is 4.87. The van der Waals surface area contributed by atoms with Crippen LogP contribution < -0.4 is 10.6 Å². The van der Waals surface area contributed by atoms with Crippen molar-refractivity contribution in [1.82, 2.24) is 9.80 Å². The number of nitrogens with zero attached hydrogens (tertiary/aromatic N) is 2. The highest BCUT2D eigenvalue weighted by Crippen LogP contribution is 2.34. The molecule has 1 saturated heterocycles. The van der Waals surface area contributed by atoms with E-state index < -0.39 is 0 Å². The summed E-state index contributed by atoms with van der Waals surface area (Å²) in [6.07, 6.45) is 3.51. The van der Waals surface area contributed by atoms with Crippen LogP contribution in [0.5, 0.6) is 0 Å². The van der Waals surface area contributed by atoms with Gasteiger partial charge in [0.25, 0.3) is 0 Å². The third kappa shape index (κ3) is 5.79. The number of carbonyl (C=O) groups excluding carboxylic acids is 3. The maximum absolute atomic E-state index is 13.5. The molecule has 174 valence electrons. The number of amides is 3. The molecule has 2 aliphatic heterocycles. The van der Waals surface area contributed by atoms with E-state index in [1.807, 2.05) is 41.3 Å². The van der Waals surface area contributed by atoms with Gasteiger partial charge in [0.1, 0.15) is 0 Å². The summed E-state index contributed by atoms with van der Waals surface area (Å²) in [5.41, 5.74) is 4.80. The van der Waals surface area contributed by atoms with Gasteiger partial charge in [-0.2, -0.15) is 0 Å². The van der Waals surface area contributed by atoms with E-state index in [2.05, 4.69) is 21.6 Å². The second kappa shape index (κ2) is 10.2. The van der Waals surface area contributed by atoms with Crippen LogP contribution in [0.25, 0.3) is 0 Å². The van der Waals surface area contributed by atoms with Gasteiger partial charge in [-0.05, 0) is 73.3 Å². The summed E-state index contributed by atoms with van der Waals surface area (Å²) in [6, 6.07) is 13.5. The van der Waals surface area contributed by atoms with Crippen molar-refractivity contribution in [1.29, 1.82) is 0 Å². The van der Waals surface area contributed by atoms with Gasteiger partial charge >= 0.3 is 0 Å². The minimum absolute atomic E-state index is 0.0355. The average molecular weight is 449 g/mol. The van der Waals surface area contributed by atoms with Gasteiger partial charge in [0.05, 0.1) is 12.5 Å². The molecule has 0 saturated carbocycles. The van der Waals surface area contributed by atoms with Crippen molar-refractivity contribution in [2.45, 2.75) is 45.6 Å². The molecule has 2 aromatic rings. The molecule has 2 N–H and O–H groups in total. The molecule has 3 amide bonds. The lowest BCUT2D eigenvalue weighted by Gasteiger charge is -2.39. The smallest absolute Gasteiger partial charge is 0.227 e. The Kier molecular flexibility index (Phi) is 7.08. The average Bonchev–Trinajstić information content (AvgIpc) is 3.28. The summed E-state index contributed by atoms with van der Waals surface area (Å²) in [6.45, 7) is 6.60. The fraction of sp³-hybridized carbons (Fsp3) is 0.423. The maximum atomic E-state index is 13.5. The molecule has 0 bridgehead atoms. The first-order valence-electron chi connectivity index (χ1n) is 11.7. The van der Waals surface area contributed by atoms with Crippen molar-refractivity contribution in [2.24, 2.45) is 0 Å². The molecule has 1 fully saturated rings. The van der Waals surface area contributed by atoms with Gasteiger partial charge in [-0.25, -0.2) is 0 Å². The standard InChI is InChI=1S/C26H32N4O3/c1-18(31)27-22-8-5-20(6-9-22)15-26(33)30-14-11-21-7-10-23(28-19(2)32)16-24(21)25(30)17-29-12-3-4-13-29/h5-10,16,25H,3-4,11-15,17H2,1-2H3,(H,27,31)(H,28,32). The van der Waals surface area contributed by atoms with Crippen LogP contribution in [-0.4, -0.2) is 53.7 Å². The highest BCUT2D eigenvalue weighted by molar-refractivity contribution is 5.89. The minimum atomic E-state index is -0.116. The summed E-state index contributed by atoms with van der Waals surface area (Å²) in [5, 5.41) is 5.64. The Labute approximate surface area is 195 Å². The SMILES string of the molecule is CC(=O)Nc1ccc(CC(=O)N2CCc3ccc(NC(C)=O)cc3C2CN2CCCC2)cc1. The Morgan fingerprint density at radius 2 is 1.52 bits per heavy atom. The van der Waals surface area contributed by atoms with Crippen LogP contribution in [0.15, 0.2) is 42.5 Å². The van der Waals surface area contributed by atoms with E-state index in [-0.39, 0.29) is 23.8 Å². The van der Waals surface area contributed by atoms with Gasteiger partial charge in [-0.3, -0.25) is 14.4 Å². The molecule has 4 rings (SSSR count). The highest BCUT2D eigenvalue weighted by Gasteiger charge is 2.33. The minimum Gasteiger partial charge on any atom is -0.334 e. The van der Waals surface area contributed by atoms with Gasteiger partial charge in [-0.15, -0.1) is 0 Å². The Balaban J connectivity index is 1.56. The van der Waals surface area contributed by atoms with Gasteiger partial charge in [0.15, 0.2) is 0 Å². The topological polar surface area (TPSA) is 81.8 Å². The first-order chi connectivity index (χ1) is 15.9. The van der Waals surface area contributed by atoms with E-state index in [4.69, 9.17) is 0 Å². The number of benzene rings is 2. The van der Waals surface area contributed by atoms with Crippen LogP contribution in [-0.2, 0) is 27.2 Å². The Morgan fingerprint density at radius 1 is 0.879 bits per heavy atom. The lowest BCUT2D eigenvalue weighted by atomic mass is 9.91. The van der Waals surface area contributed by atoms with Gasteiger partial charge < -0.3 is 20.4 Å². The third-order valence-corrected chi connectivity index (χ3v) is 6.40. The van der Waals surface area contributed by atoms with E-state index in [0.29, 0.717) is 13.0 Å². The van der Waals surface area contributed by atoms with Crippen LogP contribution >= 0.6 is 0 Å². The van der Waals surface area contributed by atoms with Crippen molar-refractivity contribution in [3.8, 4) is 0 Å². The molecule has 1 unspecified atom stereocenters. The lowest BCUT2D eigenvalue weighted by molar-refractivity contribution is -0.133. The quantitative estimate of drug-likeness (QED) is 0.710. The van der Waals surface area contributed by atoms with Crippen molar-refractivity contribution >= 4 is 29.1 Å². The normalized spacial score (nSPS) is 18.0. The van der Waals surface area contributed by atoms with Crippen molar-refractivity contribution in [3.05, 3.63) is 59.2 Å². The number of hydrogen-bond acceptors (Lipinski definition) is 4. The zero-order valence-corrected chi connectivity index (χ0v) is 19.4. The van der Waals surface area contributed by atoms with Crippen LogP contribution in [0.1, 0.15) is 49.4 Å². The van der Waals surface area contributed by atoms with E-state index in [0.717, 1.165) is 48.6 Å². The van der Waals surface area contributed by atoms with E-state index in [9.17, 15) is 14.4 Å². The van der Waals surface area contributed by atoms with Gasteiger partial charge in [0.2, 0.25) is 17.7 Å². The molecule has 2 heterocycles. The second-order valence-corrected chi connectivity index (χ2v) is 9.01. The first-order valence-corrected chi connectivity index (χ1v) is 11.7. The van der Waals surface area contributed by atoms with Gasteiger partial charge in [0, 0.05) is 38.3 Å². The fourth-order valence-electron chi connectivity index (χ4n) is 4.87. The summed E-state index contributed by atoms with van der Waals surface area (Å²) in [5.74, 6) is -0.117. The number of likely N-dealkylation sites (tertiary alicyclic amines) is 1. The largest absolute Gasteiger partial charge is 0.334 e. The van der Waals surface area contributed by atoms with Crippen molar-refractivity contribution in [3.63, 3.8) is 0 Å².